The zero-order chi connectivity index (χ0) is 14.4. The van der Waals surface area contributed by atoms with Gasteiger partial charge < -0.3 is 10.1 Å². The fourth-order valence-corrected chi connectivity index (χ4v) is 1.71. The molecule has 1 amide bonds. The topological polar surface area (TPSA) is 51.2 Å². The Morgan fingerprint density at radius 2 is 1.90 bits per heavy atom. The molecule has 0 atom stereocenters. The number of hydrogen-bond acceptors (Lipinski definition) is 3. The number of hydrogen-bond donors (Lipinski definition) is 1. The first kappa shape index (κ1) is 14.1. The molecule has 20 heavy (non-hydrogen) atoms. The smallest absolute Gasteiger partial charge is 0.228 e. The summed E-state index contributed by atoms with van der Waals surface area (Å²) in [5, 5.41) is 2.75. The molecule has 0 bridgehead atoms. The molecule has 1 aromatic heterocycles. The van der Waals surface area contributed by atoms with E-state index in [4.69, 9.17) is 4.74 Å². The lowest BCUT2D eigenvalue weighted by Gasteiger charge is -2.07. The number of aryl methyl sites for hydroxylation is 2. The van der Waals surface area contributed by atoms with Crippen molar-refractivity contribution in [3.63, 3.8) is 0 Å². The van der Waals surface area contributed by atoms with Crippen LogP contribution in [0.3, 0.4) is 0 Å². The fraction of sp³-hybridized carbons (Fsp3) is 0.250. The van der Waals surface area contributed by atoms with Gasteiger partial charge in [0, 0.05) is 5.69 Å². The van der Waals surface area contributed by atoms with E-state index in [1.54, 1.807) is 6.07 Å². The zero-order valence-electron chi connectivity index (χ0n) is 11.7. The number of amides is 1. The van der Waals surface area contributed by atoms with Gasteiger partial charge in [0.05, 0.1) is 13.0 Å². The van der Waals surface area contributed by atoms with Crippen LogP contribution >= 0.6 is 0 Å². The van der Waals surface area contributed by atoms with E-state index in [0.717, 1.165) is 11.4 Å². The van der Waals surface area contributed by atoms with Crippen molar-refractivity contribution in [2.45, 2.75) is 20.3 Å². The largest absolute Gasteiger partial charge is 0.493 e. The molecule has 0 saturated carbocycles. The van der Waals surface area contributed by atoms with Crippen LogP contribution < -0.4 is 10.1 Å². The average molecular weight is 270 g/mol. The number of carbonyl (C=O) groups excluding carboxylic acids is 1. The van der Waals surface area contributed by atoms with E-state index in [1.165, 1.54) is 5.56 Å². The summed E-state index contributed by atoms with van der Waals surface area (Å²) in [5.41, 5.74) is 2.05. The number of rotatable bonds is 5. The lowest BCUT2D eigenvalue weighted by Crippen LogP contribution is -2.16. The lowest BCUT2D eigenvalue weighted by atomic mass is 10.2. The van der Waals surface area contributed by atoms with Gasteiger partial charge in [0.2, 0.25) is 5.91 Å². The Hall–Kier alpha value is -2.36. The Bertz CT molecular complexity index is 579. The third-order valence-corrected chi connectivity index (χ3v) is 2.77. The normalized spacial score (nSPS) is 10.1. The first-order valence-electron chi connectivity index (χ1n) is 6.56. The monoisotopic (exact) mass is 270 g/mol. The molecule has 1 aromatic carbocycles. The van der Waals surface area contributed by atoms with Crippen LogP contribution in [0.15, 0.2) is 42.5 Å². The van der Waals surface area contributed by atoms with Crippen molar-refractivity contribution in [3.05, 3.63) is 53.7 Å². The molecule has 104 valence electrons. The number of anilines is 1. The van der Waals surface area contributed by atoms with Gasteiger partial charge in [0.15, 0.2) is 0 Å². The fourth-order valence-electron chi connectivity index (χ4n) is 1.71. The quantitative estimate of drug-likeness (QED) is 0.908. The van der Waals surface area contributed by atoms with Gasteiger partial charge in [-0.1, -0.05) is 23.8 Å². The third-order valence-electron chi connectivity index (χ3n) is 2.77. The SMILES string of the molecule is Cc1ccc(OCCC(=O)Nc2cccc(C)n2)cc1. The summed E-state index contributed by atoms with van der Waals surface area (Å²) in [6.07, 6.45) is 0.295. The van der Waals surface area contributed by atoms with Crippen LogP contribution in [0.2, 0.25) is 0 Å². The molecule has 0 aliphatic heterocycles. The predicted molar refractivity (Wildman–Crippen MR) is 78.9 cm³/mol. The van der Waals surface area contributed by atoms with Gasteiger partial charge in [0.1, 0.15) is 11.6 Å². The Labute approximate surface area is 118 Å². The van der Waals surface area contributed by atoms with Crippen LogP contribution in [0.4, 0.5) is 5.82 Å². The maximum atomic E-state index is 11.7. The number of aromatic nitrogens is 1. The van der Waals surface area contributed by atoms with Crippen LogP contribution in [0.25, 0.3) is 0 Å². The summed E-state index contributed by atoms with van der Waals surface area (Å²) in [6.45, 7) is 4.25. The van der Waals surface area contributed by atoms with E-state index in [-0.39, 0.29) is 5.91 Å². The van der Waals surface area contributed by atoms with Crippen LogP contribution in [0.1, 0.15) is 17.7 Å². The highest BCUT2D eigenvalue weighted by molar-refractivity contribution is 5.89. The highest BCUT2D eigenvalue weighted by atomic mass is 16.5. The van der Waals surface area contributed by atoms with E-state index in [0.29, 0.717) is 18.8 Å². The summed E-state index contributed by atoms with van der Waals surface area (Å²) >= 11 is 0. The number of nitrogens with zero attached hydrogens (tertiary/aromatic N) is 1. The maximum absolute atomic E-state index is 11.7. The molecular formula is C16H18N2O2. The van der Waals surface area contributed by atoms with Crippen molar-refractivity contribution in [3.8, 4) is 5.75 Å². The first-order chi connectivity index (χ1) is 9.63. The molecule has 0 fully saturated rings. The Morgan fingerprint density at radius 3 is 2.60 bits per heavy atom. The summed E-state index contributed by atoms with van der Waals surface area (Å²) in [6, 6.07) is 13.3. The number of ether oxygens (including phenoxy) is 1. The van der Waals surface area contributed by atoms with Crippen LogP contribution in [-0.2, 0) is 4.79 Å². The second kappa shape index (κ2) is 6.70. The Morgan fingerprint density at radius 1 is 1.15 bits per heavy atom. The van der Waals surface area contributed by atoms with Gasteiger partial charge >= 0.3 is 0 Å². The molecule has 1 N–H and O–H groups in total. The predicted octanol–water partition coefficient (Wildman–Crippen LogP) is 3.11. The minimum Gasteiger partial charge on any atom is -0.493 e. The van der Waals surface area contributed by atoms with E-state index in [2.05, 4.69) is 10.3 Å². The van der Waals surface area contributed by atoms with Gasteiger partial charge in [-0.25, -0.2) is 4.98 Å². The molecule has 4 nitrogen and oxygen atoms in total. The molecule has 2 rings (SSSR count). The van der Waals surface area contributed by atoms with Crippen molar-refractivity contribution in [2.24, 2.45) is 0 Å². The number of pyridine rings is 1. The van der Waals surface area contributed by atoms with Gasteiger partial charge in [-0.2, -0.15) is 0 Å². The van der Waals surface area contributed by atoms with Crippen molar-refractivity contribution in [2.75, 3.05) is 11.9 Å². The summed E-state index contributed by atoms with van der Waals surface area (Å²) in [4.78, 5) is 16.0. The molecule has 0 unspecified atom stereocenters. The second-order valence-electron chi connectivity index (χ2n) is 4.62. The molecule has 0 aliphatic carbocycles. The first-order valence-corrected chi connectivity index (χ1v) is 6.56. The number of nitrogens with one attached hydrogen (secondary N) is 1. The number of carbonyl (C=O) groups is 1. The Kier molecular flexibility index (Phi) is 4.71. The van der Waals surface area contributed by atoms with Crippen molar-refractivity contribution in [1.82, 2.24) is 4.98 Å². The molecule has 0 saturated heterocycles. The van der Waals surface area contributed by atoms with Crippen LogP contribution in [0.5, 0.6) is 5.75 Å². The second-order valence-corrected chi connectivity index (χ2v) is 4.62. The van der Waals surface area contributed by atoms with Gasteiger partial charge in [-0.15, -0.1) is 0 Å². The summed E-state index contributed by atoms with van der Waals surface area (Å²) in [7, 11) is 0. The molecule has 1 heterocycles. The highest BCUT2D eigenvalue weighted by Gasteiger charge is 2.04. The van der Waals surface area contributed by atoms with Crippen molar-refractivity contribution < 1.29 is 9.53 Å². The van der Waals surface area contributed by atoms with Gasteiger partial charge in [0.25, 0.3) is 0 Å². The zero-order valence-corrected chi connectivity index (χ0v) is 11.7. The summed E-state index contributed by atoms with van der Waals surface area (Å²) in [5.74, 6) is 1.25. The molecule has 0 spiro atoms. The van der Waals surface area contributed by atoms with E-state index < -0.39 is 0 Å². The van der Waals surface area contributed by atoms with E-state index >= 15 is 0 Å². The Balaban J connectivity index is 1.76. The highest BCUT2D eigenvalue weighted by Crippen LogP contribution is 2.11. The minimum atomic E-state index is -0.102. The van der Waals surface area contributed by atoms with E-state index in [1.807, 2.05) is 50.2 Å². The molecule has 0 aliphatic rings. The van der Waals surface area contributed by atoms with Crippen molar-refractivity contribution in [1.29, 1.82) is 0 Å². The maximum Gasteiger partial charge on any atom is 0.228 e. The molecule has 4 heteroatoms. The number of benzene rings is 1. The summed E-state index contributed by atoms with van der Waals surface area (Å²) < 4.78 is 5.51. The lowest BCUT2D eigenvalue weighted by molar-refractivity contribution is -0.116. The standard InChI is InChI=1S/C16H18N2O2/c1-12-6-8-14(9-7-12)20-11-10-16(19)18-15-5-3-4-13(2)17-15/h3-9H,10-11H2,1-2H3,(H,17,18,19). The molecule has 0 radical (unpaired) electrons. The minimum absolute atomic E-state index is 0.102. The van der Waals surface area contributed by atoms with Crippen molar-refractivity contribution >= 4 is 11.7 Å². The van der Waals surface area contributed by atoms with Gasteiger partial charge in [-0.05, 0) is 38.1 Å². The molecular weight excluding hydrogens is 252 g/mol. The van der Waals surface area contributed by atoms with Crippen LogP contribution in [-0.4, -0.2) is 17.5 Å². The van der Waals surface area contributed by atoms with Crippen LogP contribution in [0, 0.1) is 13.8 Å². The third kappa shape index (κ3) is 4.39. The van der Waals surface area contributed by atoms with Gasteiger partial charge in [-0.3, -0.25) is 4.79 Å². The average Bonchev–Trinajstić information content (AvgIpc) is 2.41. The molecule has 2 aromatic rings. The van der Waals surface area contributed by atoms with E-state index in [9.17, 15) is 4.79 Å².